The zero-order chi connectivity index (χ0) is 18.7. The summed E-state index contributed by atoms with van der Waals surface area (Å²) in [4.78, 5) is 58.5. The fourth-order valence-corrected chi connectivity index (χ4v) is 2.99. The van der Waals surface area contributed by atoms with Gasteiger partial charge in [0.25, 0.3) is 0 Å². The second-order valence-corrected chi connectivity index (χ2v) is 5.37. The summed E-state index contributed by atoms with van der Waals surface area (Å²) < 4.78 is 18.6. The van der Waals surface area contributed by atoms with E-state index in [2.05, 4.69) is 14.2 Å². The summed E-state index contributed by atoms with van der Waals surface area (Å²) in [7, 11) is 4.61. The number of nitrogens with zero attached hydrogens (tertiary/aromatic N) is 1. The van der Waals surface area contributed by atoms with Gasteiger partial charge >= 0.3 is 23.9 Å². The molecule has 0 saturated carbocycles. The van der Waals surface area contributed by atoms with E-state index in [0.717, 1.165) is 26.6 Å². The molecule has 2 rings (SSSR count). The lowest BCUT2D eigenvalue weighted by Crippen LogP contribution is -2.44. The van der Waals surface area contributed by atoms with Crippen molar-refractivity contribution in [1.82, 2.24) is 5.23 Å². The molecule has 0 aromatic heterocycles. The first-order valence-corrected chi connectivity index (χ1v) is 7.32. The Labute approximate surface area is 142 Å². The van der Waals surface area contributed by atoms with Gasteiger partial charge in [-0.3, -0.25) is 19.3 Å². The number of rotatable bonds is 5. The molecule has 0 aliphatic carbocycles. The lowest BCUT2D eigenvalue weighted by Gasteiger charge is -2.22. The summed E-state index contributed by atoms with van der Waals surface area (Å²) in [5.74, 6) is -5.01. The van der Waals surface area contributed by atoms with Crippen LogP contribution in [0.5, 0.6) is 0 Å². The SMILES string of the molecule is COC(=O)C[C@@H]1[C@H]2[C@@H](C(=O)OC)[C@H](C(=O)OC)ON2O[C@@H]1C(=O)OC. The predicted octanol–water partition coefficient (Wildman–Crippen LogP) is -1.40. The molecule has 0 aromatic rings. The number of fused-ring (bicyclic) bond motifs is 1. The van der Waals surface area contributed by atoms with Crippen LogP contribution in [0.2, 0.25) is 0 Å². The maximum absolute atomic E-state index is 12.2. The minimum absolute atomic E-state index is 0.262. The number of hydroxylamine groups is 2. The number of esters is 4. The Morgan fingerprint density at radius 1 is 0.800 bits per heavy atom. The van der Waals surface area contributed by atoms with Gasteiger partial charge in [0.05, 0.1) is 40.9 Å². The molecule has 0 aromatic carbocycles. The molecule has 2 aliphatic rings. The number of methoxy groups -OCH3 is 4. The number of hydrogen-bond donors (Lipinski definition) is 0. The molecule has 0 amide bonds. The molecule has 2 fully saturated rings. The summed E-state index contributed by atoms with van der Waals surface area (Å²) in [5.41, 5.74) is 0. The minimum Gasteiger partial charge on any atom is -0.469 e. The summed E-state index contributed by atoms with van der Waals surface area (Å²) in [6.07, 6.45) is -2.80. The lowest BCUT2D eigenvalue weighted by atomic mass is 9.82. The van der Waals surface area contributed by atoms with E-state index in [0.29, 0.717) is 0 Å². The summed E-state index contributed by atoms with van der Waals surface area (Å²) in [5, 5.41) is 0.859. The van der Waals surface area contributed by atoms with Crippen LogP contribution in [0.1, 0.15) is 6.42 Å². The highest BCUT2D eigenvalue weighted by Gasteiger charge is 2.63. The van der Waals surface area contributed by atoms with Crippen LogP contribution < -0.4 is 0 Å². The number of ether oxygens (including phenoxy) is 4. The van der Waals surface area contributed by atoms with E-state index in [-0.39, 0.29) is 6.42 Å². The first-order valence-electron chi connectivity index (χ1n) is 7.32. The van der Waals surface area contributed by atoms with E-state index >= 15 is 0 Å². The maximum Gasteiger partial charge on any atom is 0.338 e. The Morgan fingerprint density at radius 2 is 1.32 bits per heavy atom. The molecule has 0 N–H and O–H groups in total. The van der Waals surface area contributed by atoms with Crippen molar-refractivity contribution in [2.75, 3.05) is 28.4 Å². The van der Waals surface area contributed by atoms with Crippen molar-refractivity contribution in [2.45, 2.75) is 24.7 Å². The van der Waals surface area contributed by atoms with Gasteiger partial charge in [0.15, 0.2) is 12.2 Å². The van der Waals surface area contributed by atoms with Gasteiger partial charge in [0.2, 0.25) is 0 Å². The molecular formula is C14H19NO10. The zero-order valence-electron chi connectivity index (χ0n) is 14.1. The largest absolute Gasteiger partial charge is 0.469 e. The fourth-order valence-electron chi connectivity index (χ4n) is 2.99. The maximum atomic E-state index is 12.2. The molecule has 2 saturated heterocycles. The van der Waals surface area contributed by atoms with E-state index in [1.807, 2.05) is 0 Å². The van der Waals surface area contributed by atoms with Crippen molar-refractivity contribution in [3.8, 4) is 0 Å². The Kier molecular flexibility index (Phi) is 5.93. The molecule has 2 heterocycles. The second kappa shape index (κ2) is 7.76. The van der Waals surface area contributed by atoms with Crippen molar-refractivity contribution in [2.24, 2.45) is 11.8 Å². The number of hydrogen-bond acceptors (Lipinski definition) is 11. The highest BCUT2D eigenvalue weighted by molar-refractivity contribution is 5.85. The van der Waals surface area contributed by atoms with Gasteiger partial charge in [-0.1, -0.05) is 5.23 Å². The van der Waals surface area contributed by atoms with Crippen LogP contribution in [-0.2, 0) is 47.8 Å². The third-order valence-corrected chi connectivity index (χ3v) is 4.17. The Morgan fingerprint density at radius 3 is 1.84 bits per heavy atom. The Hall–Kier alpha value is -2.24. The van der Waals surface area contributed by atoms with Gasteiger partial charge in [-0.25, -0.2) is 9.59 Å². The topological polar surface area (TPSA) is 127 Å². The van der Waals surface area contributed by atoms with Gasteiger partial charge in [-0.2, -0.15) is 0 Å². The standard InChI is InChI=1S/C14H19NO10/c1-20-7(16)5-6-9-8(12(17)21-2)11(14(19)23-4)25-15(9)24-10(6)13(18)22-3/h6,8-11H,5H2,1-4H3/t6-,8-,9+,10+,11-/m1/s1. The average Bonchev–Trinajstić information content (AvgIpc) is 3.16. The van der Waals surface area contributed by atoms with Crippen LogP contribution in [0.25, 0.3) is 0 Å². The van der Waals surface area contributed by atoms with Crippen LogP contribution in [0, 0.1) is 11.8 Å². The van der Waals surface area contributed by atoms with E-state index < -0.39 is 54.0 Å². The Balaban J connectivity index is 2.38. The van der Waals surface area contributed by atoms with Crippen LogP contribution in [-0.4, -0.2) is 75.8 Å². The van der Waals surface area contributed by atoms with Crippen molar-refractivity contribution in [3.63, 3.8) is 0 Å². The second-order valence-electron chi connectivity index (χ2n) is 5.37. The quantitative estimate of drug-likeness (QED) is 0.424. The van der Waals surface area contributed by atoms with E-state index in [4.69, 9.17) is 14.4 Å². The molecule has 0 bridgehead atoms. The van der Waals surface area contributed by atoms with Gasteiger partial charge < -0.3 is 18.9 Å². The lowest BCUT2D eigenvalue weighted by molar-refractivity contribution is -0.350. The molecule has 11 nitrogen and oxygen atoms in total. The van der Waals surface area contributed by atoms with Gasteiger partial charge in [-0.05, 0) is 0 Å². The van der Waals surface area contributed by atoms with E-state index in [1.54, 1.807) is 0 Å². The minimum atomic E-state index is -1.33. The average molecular weight is 361 g/mol. The summed E-state index contributed by atoms with van der Waals surface area (Å²) >= 11 is 0. The summed E-state index contributed by atoms with van der Waals surface area (Å²) in [6, 6.07) is -0.945. The number of carbonyl (C=O) groups is 4. The van der Waals surface area contributed by atoms with Crippen molar-refractivity contribution in [1.29, 1.82) is 0 Å². The van der Waals surface area contributed by atoms with Crippen molar-refractivity contribution in [3.05, 3.63) is 0 Å². The van der Waals surface area contributed by atoms with Crippen LogP contribution in [0.3, 0.4) is 0 Å². The van der Waals surface area contributed by atoms with Crippen LogP contribution >= 0.6 is 0 Å². The van der Waals surface area contributed by atoms with Crippen molar-refractivity contribution < 1.29 is 47.8 Å². The molecule has 5 atom stereocenters. The smallest absolute Gasteiger partial charge is 0.338 e. The van der Waals surface area contributed by atoms with E-state index in [9.17, 15) is 19.2 Å². The molecule has 25 heavy (non-hydrogen) atoms. The molecule has 11 heteroatoms. The van der Waals surface area contributed by atoms with Gasteiger partial charge in [0, 0.05) is 5.92 Å². The number of carbonyl (C=O) groups excluding carboxylic acids is 4. The molecule has 140 valence electrons. The monoisotopic (exact) mass is 361 g/mol. The first-order chi connectivity index (χ1) is 11.9. The highest BCUT2D eigenvalue weighted by atomic mass is 17.0. The van der Waals surface area contributed by atoms with Gasteiger partial charge in [-0.15, -0.1) is 0 Å². The zero-order valence-corrected chi connectivity index (χ0v) is 14.1. The summed E-state index contributed by atoms with van der Waals surface area (Å²) in [6.45, 7) is 0. The molecule has 0 unspecified atom stereocenters. The third kappa shape index (κ3) is 3.43. The fraction of sp³-hybridized carbons (Fsp3) is 0.714. The van der Waals surface area contributed by atoms with Crippen LogP contribution in [0.4, 0.5) is 0 Å². The Bertz CT molecular complexity index is 564. The van der Waals surface area contributed by atoms with Gasteiger partial charge in [0.1, 0.15) is 5.92 Å². The molecule has 0 spiro atoms. The predicted molar refractivity (Wildman–Crippen MR) is 75.0 cm³/mol. The van der Waals surface area contributed by atoms with Crippen LogP contribution in [0.15, 0.2) is 0 Å². The van der Waals surface area contributed by atoms with E-state index in [1.165, 1.54) is 7.11 Å². The molecule has 0 radical (unpaired) electrons. The third-order valence-electron chi connectivity index (χ3n) is 4.17. The highest BCUT2D eigenvalue weighted by Crippen LogP contribution is 2.43. The first kappa shape index (κ1) is 19.1. The normalized spacial score (nSPS) is 31.1. The molecule has 2 aliphatic heterocycles. The van der Waals surface area contributed by atoms with Crippen molar-refractivity contribution >= 4 is 23.9 Å². The molecular weight excluding hydrogens is 342 g/mol.